The van der Waals surface area contributed by atoms with Crippen LogP contribution in [0.4, 0.5) is 9.93 Å². The number of nitrogens with one attached hydrogen (secondary N) is 2. The van der Waals surface area contributed by atoms with E-state index in [0.717, 1.165) is 17.0 Å². The van der Waals surface area contributed by atoms with Gasteiger partial charge >= 0.3 is 12.0 Å². The highest BCUT2D eigenvalue weighted by Crippen LogP contribution is 2.31. The Balaban J connectivity index is 1.97. The lowest BCUT2D eigenvalue weighted by atomic mass is 9.97. The van der Waals surface area contributed by atoms with Crippen LogP contribution in [0.5, 0.6) is 0 Å². The fourth-order valence-corrected chi connectivity index (χ4v) is 3.04. The first-order valence-corrected chi connectivity index (χ1v) is 8.06. The number of benzene rings is 1. The molecule has 0 bridgehead atoms. The molecule has 1 heterocycles. The van der Waals surface area contributed by atoms with Crippen molar-refractivity contribution in [2.24, 2.45) is 0 Å². The van der Waals surface area contributed by atoms with Gasteiger partial charge in [-0.1, -0.05) is 48.6 Å². The van der Waals surface area contributed by atoms with Crippen LogP contribution in [0.3, 0.4) is 0 Å². The summed E-state index contributed by atoms with van der Waals surface area (Å²) in [6, 6.07) is 9.52. The zero-order valence-corrected chi connectivity index (χ0v) is 13.5. The van der Waals surface area contributed by atoms with Gasteiger partial charge in [-0.25, -0.2) is 4.79 Å². The molecule has 23 heavy (non-hydrogen) atoms. The second-order valence-corrected chi connectivity index (χ2v) is 5.85. The van der Waals surface area contributed by atoms with Crippen molar-refractivity contribution in [2.45, 2.75) is 25.7 Å². The molecule has 0 aliphatic carbocycles. The maximum atomic E-state index is 11.6. The van der Waals surface area contributed by atoms with Crippen LogP contribution >= 0.6 is 11.3 Å². The summed E-state index contributed by atoms with van der Waals surface area (Å²) < 4.78 is 0. The molecule has 8 heteroatoms. The second kappa shape index (κ2) is 8.23. The van der Waals surface area contributed by atoms with E-state index in [9.17, 15) is 9.59 Å². The monoisotopic (exact) mass is 334 g/mol. The maximum Gasteiger partial charge on any atom is 0.321 e. The zero-order valence-electron chi connectivity index (χ0n) is 12.7. The summed E-state index contributed by atoms with van der Waals surface area (Å²) in [5.74, 6) is -0.823. The van der Waals surface area contributed by atoms with Crippen molar-refractivity contribution in [3.8, 4) is 0 Å². The molecule has 1 aromatic carbocycles. The highest BCUT2D eigenvalue weighted by Gasteiger charge is 2.17. The molecule has 3 N–H and O–H groups in total. The van der Waals surface area contributed by atoms with Crippen LogP contribution in [0.2, 0.25) is 0 Å². The van der Waals surface area contributed by atoms with Gasteiger partial charge in [0.05, 0.1) is 6.42 Å². The molecule has 7 nitrogen and oxygen atoms in total. The van der Waals surface area contributed by atoms with Gasteiger partial charge in [-0.3, -0.25) is 10.1 Å². The molecule has 0 spiro atoms. The minimum atomic E-state index is -0.961. The predicted molar refractivity (Wildman–Crippen MR) is 87.8 cm³/mol. The molecule has 2 aromatic rings. The molecule has 122 valence electrons. The molecule has 0 fully saturated rings. The number of nitrogens with zero attached hydrogens (tertiary/aromatic N) is 2. The van der Waals surface area contributed by atoms with Gasteiger partial charge in [0, 0.05) is 12.5 Å². The average molecular weight is 334 g/mol. The van der Waals surface area contributed by atoms with Gasteiger partial charge in [-0.05, 0) is 12.0 Å². The first-order valence-electron chi connectivity index (χ1n) is 7.25. The lowest BCUT2D eigenvalue weighted by molar-refractivity contribution is -0.136. The van der Waals surface area contributed by atoms with Crippen LogP contribution in [0, 0.1) is 0 Å². The van der Waals surface area contributed by atoms with Crippen molar-refractivity contribution in [3.05, 3.63) is 40.9 Å². The summed E-state index contributed by atoms with van der Waals surface area (Å²) >= 11 is 1.32. The molecule has 1 aromatic heterocycles. The minimum absolute atomic E-state index is 0.0639. The average Bonchev–Trinajstić information content (AvgIpc) is 2.97. The number of carbonyl (C=O) groups excluding carboxylic acids is 1. The number of amides is 2. The van der Waals surface area contributed by atoms with Crippen LogP contribution in [-0.4, -0.2) is 33.8 Å². The SMILES string of the molecule is CCC(c1ccccc1)c1nnc(NC(=O)NCCC(=O)O)s1. The number of rotatable bonds is 7. The van der Waals surface area contributed by atoms with Crippen molar-refractivity contribution >= 4 is 28.5 Å². The van der Waals surface area contributed by atoms with Crippen LogP contribution < -0.4 is 10.6 Å². The van der Waals surface area contributed by atoms with Crippen molar-refractivity contribution in [1.82, 2.24) is 15.5 Å². The first kappa shape index (κ1) is 16.9. The lowest BCUT2D eigenvalue weighted by Crippen LogP contribution is -2.30. The lowest BCUT2D eigenvalue weighted by Gasteiger charge is -2.11. The van der Waals surface area contributed by atoms with E-state index in [1.165, 1.54) is 11.3 Å². The molecule has 2 amide bonds. The smallest absolute Gasteiger partial charge is 0.321 e. The van der Waals surface area contributed by atoms with Gasteiger partial charge in [0.25, 0.3) is 0 Å². The Morgan fingerprint density at radius 2 is 2.00 bits per heavy atom. The number of hydrogen-bond acceptors (Lipinski definition) is 5. The Hall–Kier alpha value is -2.48. The Morgan fingerprint density at radius 3 is 2.65 bits per heavy atom. The van der Waals surface area contributed by atoms with E-state index in [1.54, 1.807) is 0 Å². The molecular weight excluding hydrogens is 316 g/mol. The van der Waals surface area contributed by atoms with Crippen LogP contribution in [-0.2, 0) is 4.79 Å². The summed E-state index contributed by atoms with van der Waals surface area (Å²) in [6.45, 7) is 2.14. The molecule has 0 saturated carbocycles. The molecule has 1 atom stereocenters. The zero-order chi connectivity index (χ0) is 16.7. The summed E-state index contributed by atoms with van der Waals surface area (Å²) in [7, 11) is 0. The van der Waals surface area contributed by atoms with Gasteiger partial charge in [0.2, 0.25) is 5.13 Å². The van der Waals surface area contributed by atoms with E-state index in [4.69, 9.17) is 5.11 Å². The summed E-state index contributed by atoms with van der Waals surface area (Å²) in [5.41, 5.74) is 1.16. The standard InChI is InChI=1S/C15H18N4O3S/c1-2-11(10-6-4-3-5-7-10)13-18-19-15(23-13)17-14(22)16-9-8-12(20)21/h3-7,11H,2,8-9H2,1H3,(H,20,21)(H2,16,17,19,22). The van der Waals surface area contributed by atoms with Gasteiger partial charge in [0.1, 0.15) is 5.01 Å². The second-order valence-electron chi connectivity index (χ2n) is 4.84. The molecule has 2 rings (SSSR count). The maximum absolute atomic E-state index is 11.6. The minimum Gasteiger partial charge on any atom is -0.481 e. The molecule has 1 unspecified atom stereocenters. The van der Waals surface area contributed by atoms with Crippen molar-refractivity contribution in [3.63, 3.8) is 0 Å². The van der Waals surface area contributed by atoms with Crippen molar-refractivity contribution in [1.29, 1.82) is 0 Å². The topological polar surface area (TPSA) is 104 Å². The number of carbonyl (C=O) groups is 2. The third-order valence-electron chi connectivity index (χ3n) is 3.19. The largest absolute Gasteiger partial charge is 0.481 e. The Bertz CT molecular complexity index is 660. The quantitative estimate of drug-likeness (QED) is 0.722. The van der Waals surface area contributed by atoms with Crippen molar-refractivity contribution in [2.75, 3.05) is 11.9 Å². The number of hydrogen-bond donors (Lipinski definition) is 3. The Kier molecular flexibility index (Phi) is 6.04. The number of urea groups is 1. The fourth-order valence-electron chi connectivity index (χ4n) is 2.09. The number of aromatic nitrogens is 2. The van der Waals surface area contributed by atoms with Gasteiger partial charge in [-0.2, -0.15) is 0 Å². The highest BCUT2D eigenvalue weighted by atomic mass is 32.1. The summed E-state index contributed by atoms with van der Waals surface area (Å²) in [4.78, 5) is 22.0. The van der Waals surface area contributed by atoms with E-state index < -0.39 is 12.0 Å². The van der Waals surface area contributed by atoms with E-state index >= 15 is 0 Å². The predicted octanol–water partition coefficient (Wildman–Crippen LogP) is 2.68. The van der Waals surface area contributed by atoms with E-state index in [2.05, 4.69) is 27.8 Å². The van der Waals surface area contributed by atoms with E-state index in [-0.39, 0.29) is 18.9 Å². The van der Waals surface area contributed by atoms with Gasteiger partial charge in [0.15, 0.2) is 0 Å². The number of anilines is 1. The van der Waals surface area contributed by atoms with Gasteiger partial charge in [-0.15, -0.1) is 10.2 Å². The fraction of sp³-hybridized carbons (Fsp3) is 0.333. The third kappa shape index (κ3) is 5.03. The Morgan fingerprint density at radius 1 is 1.26 bits per heavy atom. The third-order valence-corrected chi connectivity index (χ3v) is 4.15. The first-order chi connectivity index (χ1) is 11.1. The number of aliphatic carboxylic acids is 1. The summed E-state index contributed by atoms with van der Waals surface area (Å²) in [6.07, 6.45) is 0.754. The van der Waals surface area contributed by atoms with E-state index in [1.807, 2.05) is 30.3 Å². The van der Waals surface area contributed by atoms with Crippen LogP contribution in [0.25, 0.3) is 0 Å². The molecule has 0 saturated heterocycles. The van der Waals surface area contributed by atoms with Crippen molar-refractivity contribution < 1.29 is 14.7 Å². The highest BCUT2D eigenvalue weighted by molar-refractivity contribution is 7.15. The van der Waals surface area contributed by atoms with Gasteiger partial charge < -0.3 is 10.4 Å². The molecule has 0 radical (unpaired) electrons. The number of carboxylic acid groups (broad SMARTS) is 1. The molecule has 0 aliphatic heterocycles. The van der Waals surface area contributed by atoms with E-state index in [0.29, 0.717) is 5.13 Å². The molecular formula is C15H18N4O3S. The molecule has 0 aliphatic rings. The van der Waals surface area contributed by atoms with Crippen LogP contribution in [0.1, 0.15) is 36.3 Å². The Labute approximate surface area is 137 Å². The van der Waals surface area contributed by atoms with Crippen LogP contribution in [0.15, 0.2) is 30.3 Å². The number of carboxylic acids is 1. The normalized spacial score (nSPS) is 11.7. The summed E-state index contributed by atoms with van der Waals surface area (Å²) in [5, 5.41) is 22.9.